The van der Waals surface area contributed by atoms with Crippen molar-refractivity contribution in [1.82, 2.24) is 14.5 Å². The third-order valence-electron chi connectivity index (χ3n) is 6.58. The number of aromatic amines is 1. The number of rotatable bonds is 14. The van der Waals surface area contributed by atoms with E-state index < -0.39 is 65.1 Å². The molecular formula is C22H30N5O16P3. The van der Waals surface area contributed by atoms with Gasteiger partial charge >= 0.3 is 23.5 Å². The number of nitro benzene ring substituents is 1. The summed E-state index contributed by atoms with van der Waals surface area (Å²) in [5.74, 6) is -0.489. The van der Waals surface area contributed by atoms with Crippen molar-refractivity contribution in [3.8, 4) is 0 Å². The van der Waals surface area contributed by atoms with Gasteiger partial charge < -0.3 is 44.5 Å². The van der Waals surface area contributed by atoms with E-state index in [0.29, 0.717) is 5.56 Å². The largest absolute Gasteiger partial charge is 0.490 e. The Kier molecular flexibility index (Phi) is 10.7. The summed E-state index contributed by atoms with van der Waals surface area (Å²) in [7, 11) is -16.9. The first kappa shape index (κ1) is 36.0. The van der Waals surface area contributed by atoms with Crippen LogP contribution in [-0.2, 0) is 42.9 Å². The fourth-order valence-corrected chi connectivity index (χ4v) is 7.83. The van der Waals surface area contributed by atoms with Crippen molar-refractivity contribution in [3.05, 3.63) is 62.1 Å². The second-order valence-corrected chi connectivity index (χ2v) is 14.7. The van der Waals surface area contributed by atoms with Gasteiger partial charge in [-0.05, 0) is 12.0 Å². The third-order valence-corrected chi connectivity index (χ3v) is 10.4. The Labute approximate surface area is 258 Å². The Morgan fingerprint density at radius 3 is 2.48 bits per heavy atom. The van der Waals surface area contributed by atoms with Gasteiger partial charge in [-0.3, -0.25) is 24.4 Å². The zero-order valence-electron chi connectivity index (χ0n) is 23.9. The van der Waals surface area contributed by atoms with Crippen molar-refractivity contribution in [2.24, 2.45) is 5.92 Å². The van der Waals surface area contributed by atoms with Crippen LogP contribution in [0.15, 0.2) is 35.3 Å². The van der Waals surface area contributed by atoms with Crippen LogP contribution in [0.25, 0.3) is 11.0 Å². The number of benzene rings is 1. The van der Waals surface area contributed by atoms with E-state index in [-0.39, 0.29) is 47.2 Å². The van der Waals surface area contributed by atoms with Gasteiger partial charge in [0.25, 0.3) is 11.2 Å². The van der Waals surface area contributed by atoms with E-state index >= 15 is 0 Å². The Morgan fingerprint density at radius 1 is 1.17 bits per heavy atom. The van der Waals surface area contributed by atoms with Gasteiger partial charge in [0.2, 0.25) is 5.95 Å². The predicted molar refractivity (Wildman–Crippen MR) is 155 cm³/mol. The van der Waals surface area contributed by atoms with Crippen molar-refractivity contribution in [3.63, 3.8) is 0 Å². The first-order valence-corrected chi connectivity index (χ1v) is 17.6. The van der Waals surface area contributed by atoms with E-state index in [9.17, 15) is 43.5 Å². The zero-order valence-corrected chi connectivity index (χ0v) is 26.6. The number of nitrogens with one attached hydrogen (secondary N) is 1. The van der Waals surface area contributed by atoms with Gasteiger partial charge in [-0.25, -0.2) is 13.7 Å². The highest BCUT2D eigenvalue weighted by atomic mass is 31.3. The molecule has 1 fully saturated rings. The lowest BCUT2D eigenvalue weighted by Gasteiger charge is -2.21. The van der Waals surface area contributed by atoms with Crippen LogP contribution in [0.4, 0.5) is 11.6 Å². The van der Waals surface area contributed by atoms with Gasteiger partial charge in [0.05, 0.1) is 41.3 Å². The molecular weight excluding hydrogens is 683 g/mol. The monoisotopic (exact) mass is 713 g/mol. The molecule has 1 saturated heterocycles. The van der Waals surface area contributed by atoms with Gasteiger partial charge in [-0.2, -0.15) is 13.6 Å². The molecule has 0 bridgehead atoms. The predicted octanol–water partition coefficient (Wildman–Crippen LogP) is 2.12. The van der Waals surface area contributed by atoms with E-state index in [1.807, 2.05) is 0 Å². The fraction of sp³-hybridized carbons (Fsp3) is 0.455. The molecule has 3 heterocycles. The van der Waals surface area contributed by atoms with E-state index in [2.05, 4.69) is 23.1 Å². The number of aliphatic hydroxyl groups is 1. The molecule has 6 atom stereocenters. The summed E-state index contributed by atoms with van der Waals surface area (Å²) in [6.07, 6.45) is -3.33. The van der Waals surface area contributed by atoms with Gasteiger partial charge in [-0.1, -0.05) is 26.0 Å². The van der Waals surface area contributed by atoms with E-state index in [1.54, 1.807) is 26.0 Å². The Bertz CT molecular complexity index is 1810. The number of anilines is 1. The smallest absolute Gasteiger partial charge is 0.390 e. The lowest BCUT2D eigenvalue weighted by molar-refractivity contribution is -0.386. The molecule has 21 nitrogen and oxygen atoms in total. The molecule has 2 aromatic heterocycles. The molecule has 1 aromatic carbocycles. The van der Waals surface area contributed by atoms with Crippen LogP contribution in [-0.4, -0.2) is 63.0 Å². The van der Waals surface area contributed by atoms with Gasteiger partial charge in [0, 0.05) is 24.2 Å². The molecule has 3 unspecified atom stereocenters. The maximum Gasteiger partial charge on any atom is 0.490 e. The number of aromatic nitrogens is 3. The molecule has 4 rings (SSSR count). The highest BCUT2D eigenvalue weighted by Gasteiger charge is 2.43. The molecule has 0 amide bonds. The number of hydrogen-bond donors (Lipinski definition) is 7. The number of phosphoric acid groups is 3. The van der Waals surface area contributed by atoms with Crippen LogP contribution in [0, 0.1) is 16.0 Å². The average Bonchev–Trinajstić information content (AvgIpc) is 3.45. The second-order valence-electron chi connectivity index (χ2n) is 10.3. The minimum absolute atomic E-state index is 0.0115. The molecule has 24 heteroatoms. The topological polar surface area (TPSA) is 318 Å². The maximum absolute atomic E-state index is 13.0. The first-order chi connectivity index (χ1) is 21.3. The molecule has 0 aliphatic carbocycles. The normalized spacial score (nSPS) is 22.1. The highest BCUT2D eigenvalue weighted by molar-refractivity contribution is 7.66. The van der Waals surface area contributed by atoms with Crippen LogP contribution in [0.2, 0.25) is 0 Å². The molecule has 46 heavy (non-hydrogen) atoms. The molecule has 254 valence electrons. The Balaban J connectivity index is 1.56. The molecule has 0 saturated carbocycles. The van der Waals surface area contributed by atoms with Gasteiger partial charge in [-0.15, -0.1) is 0 Å². The SMILES string of the molecule is CC(C)C(OCc1cn([C@H]2C[C@H](O)[C@@H](COP(=O)(O)OP(=O)(O)OP(=O)(O)O)O2)c2nc(N)[nH]c(=O)c12)c1ccccc1[N+](=O)[O-]. The summed E-state index contributed by atoms with van der Waals surface area (Å²) >= 11 is 0. The summed E-state index contributed by atoms with van der Waals surface area (Å²) in [6.45, 7) is 2.46. The molecule has 1 aliphatic heterocycles. The Hall–Kier alpha value is -2.87. The number of fused-ring (bicyclic) bond motifs is 1. The molecule has 3 aromatic rings. The number of hydrogen-bond acceptors (Lipinski definition) is 14. The number of para-hydroxylation sites is 1. The Morgan fingerprint density at radius 2 is 1.85 bits per heavy atom. The van der Waals surface area contributed by atoms with E-state index in [4.69, 9.17) is 25.0 Å². The number of nitrogens with zero attached hydrogens (tertiary/aromatic N) is 3. The van der Waals surface area contributed by atoms with Crippen molar-refractivity contribution >= 4 is 46.1 Å². The summed E-state index contributed by atoms with van der Waals surface area (Å²) in [4.78, 5) is 67.0. The minimum Gasteiger partial charge on any atom is -0.390 e. The van der Waals surface area contributed by atoms with Gasteiger partial charge in [0.15, 0.2) is 5.65 Å². The second kappa shape index (κ2) is 13.7. The number of aliphatic hydroxyl groups excluding tert-OH is 1. The minimum atomic E-state index is -5.76. The zero-order chi connectivity index (χ0) is 34.2. The number of H-pyrrole nitrogens is 1. The van der Waals surface area contributed by atoms with Crippen molar-refractivity contribution in [2.45, 2.75) is 51.4 Å². The lowest BCUT2D eigenvalue weighted by atomic mass is 9.97. The van der Waals surface area contributed by atoms with Crippen LogP contribution in [0.5, 0.6) is 0 Å². The quantitative estimate of drug-likeness (QED) is 0.0714. The van der Waals surface area contributed by atoms with Crippen LogP contribution in [0.1, 0.15) is 43.7 Å². The number of nitro groups is 1. The lowest BCUT2D eigenvalue weighted by Crippen LogP contribution is -2.26. The summed E-state index contributed by atoms with van der Waals surface area (Å²) in [6, 6.07) is 6.07. The standard InChI is InChI=1S/C22H30N5O16P3/c1-11(2)19(13-5-3-4-6-14(13)27(30)31)39-9-12-8-26(20-18(12)21(29)25-22(23)24-20)17-7-15(28)16(41-17)10-40-45(35,36)43-46(37,38)42-44(32,33)34/h3-6,8,11,15-17,19,28H,7,9-10H2,1-2H3,(H,35,36)(H,37,38)(H2,32,33,34)(H3,23,24,25,29)/t15-,16+,17+,19?/m0/s1. The van der Waals surface area contributed by atoms with Crippen molar-refractivity contribution in [2.75, 3.05) is 12.3 Å². The summed E-state index contributed by atoms with van der Waals surface area (Å²) in [5.41, 5.74) is 5.59. The van der Waals surface area contributed by atoms with Gasteiger partial charge in [0.1, 0.15) is 12.3 Å². The number of nitrogens with two attached hydrogens (primary N) is 1. The summed E-state index contributed by atoms with van der Waals surface area (Å²) < 4.78 is 59.6. The average molecular weight is 713 g/mol. The van der Waals surface area contributed by atoms with Crippen LogP contribution in [0.3, 0.4) is 0 Å². The third kappa shape index (κ3) is 8.72. The highest BCUT2D eigenvalue weighted by Crippen LogP contribution is 2.66. The number of nitrogen functional groups attached to an aromatic ring is 1. The molecule has 1 aliphatic rings. The fourth-order valence-electron chi connectivity index (χ4n) is 4.80. The number of ether oxygens (including phenoxy) is 2. The molecule has 8 N–H and O–H groups in total. The van der Waals surface area contributed by atoms with Crippen LogP contribution < -0.4 is 11.3 Å². The van der Waals surface area contributed by atoms with Crippen LogP contribution >= 0.6 is 23.5 Å². The van der Waals surface area contributed by atoms with E-state index in [1.165, 1.54) is 22.9 Å². The first-order valence-electron chi connectivity index (χ1n) is 13.1. The molecule has 0 radical (unpaired) electrons. The number of phosphoric ester groups is 1. The van der Waals surface area contributed by atoms with E-state index in [0.717, 1.165) is 0 Å². The molecule has 0 spiro atoms. The van der Waals surface area contributed by atoms with Crippen molar-refractivity contribution < 1.29 is 65.9 Å². The maximum atomic E-state index is 13.0. The van der Waals surface area contributed by atoms with Crippen molar-refractivity contribution in [1.29, 1.82) is 0 Å². The summed E-state index contributed by atoms with van der Waals surface area (Å²) in [5, 5.41) is 22.2.